The van der Waals surface area contributed by atoms with Crippen molar-refractivity contribution >= 4 is 22.6 Å². The first kappa shape index (κ1) is 14.3. The zero-order chi connectivity index (χ0) is 13.0. The Labute approximate surface area is 124 Å². The van der Waals surface area contributed by atoms with Crippen LogP contribution < -0.4 is 5.32 Å². The molecular formula is C15H22INO. The van der Waals surface area contributed by atoms with Gasteiger partial charge in [-0.1, -0.05) is 19.1 Å². The fourth-order valence-electron chi connectivity index (χ4n) is 2.73. The van der Waals surface area contributed by atoms with E-state index in [-0.39, 0.29) is 5.41 Å². The second-order valence-electron chi connectivity index (χ2n) is 5.21. The van der Waals surface area contributed by atoms with Crippen molar-refractivity contribution in [1.82, 2.24) is 5.32 Å². The maximum atomic E-state index is 5.82. The van der Waals surface area contributed by atoms with E-state index in [2.05, 4.69) is 66.0 Å². The van der Waals surface area contributed by atoms with Crippen LogP contribution in [0.3, 0.4) is 0 Å². The van der Waals surface area contributed by atoms with E-state index in [0.717, 1.165) is 32.5 Å². The molecule has 0 saturated carbocycles. The van der Waals surface area contributed by atoms with Crippen LogP contribution in [-0.4, -0.2) is 25.8 Å². The fourth-order valence-corrected chi connectivity index (χ4v) is 3.09. The normalized spacial score (nSPS) is 27.6. The molecule has 1 aromatic carbocycles. The van der Waals surface area contributed by atoms with Gasteiger partial charge in [0.2, 0.25) is 0 Å². The minimum absolute atomic E-state index is 0.267. The summed E-state index contributed by atoms with van der Waals surface area (Å²) in [5.74, 6) is 0. The number of rotatable bonds is 5. The molecule has 1 heterocycles. The largest absolute Gasteiger partial charge is 0.378 e. The minimum atomic E-state index is 0.267. The van der Waals surface area contributed by atoms with Crippen LogP contribution in [0, 0.1) is 8.99 Å². The molecule has 0 radical (unpaired) electrons. The van der Waals surface area contributed by atoms with Gasteiger partial charge in [-0.25, -0.2) is 0 Å². The lowest BCUT2D eigenvalue weighted by Gasteiger charge is -2.32. The molecule has 1 fully saturated rings. The Balaban J connectivity index is 2.12. The third-order valence-electron chi connectivity index (χ3n) is 4.03. The highest BCUT2D eigenvalue weighted by molar-refractivity contribution is 14.1. The number of halogens is 1. The third-order valence-corrected chi connectivity index (χ3v) is 4.75. The summed E-state index contributed by atoms with van der Waals surface area (Å²) in [6.45, 7) is 7.37. The molecule has 1 saturated heterocycles. The van der Waals surface area contributed by atoms with Crippen LogP contribution >= 0.6 is 22.6 Å². The van der Waals surface area contributed by atoms with E-state index in [1.165, 1.54) is 9.13 Å². The van der Waals surface area contributed by atoms with Crippen LogP contribution in [0.2, 0.25) is 0 Å². The summed E-state index contributed by atoms with van der Waals surface area (Å²) in [6, 6.07) is 8.88. The second-order valence-corrected chi connectivity index (χ2v) is 6.45. The van der Waals surface area contributed by atoms with Gasteiger partial charge in [-0.05, 0) is 66.6 Å². The zero-order valence-electron chi connectivity index (χ0n) is 11.2. The number of benzene rings is 1. The summed E-state index contributed by atoms with van der Waals surface area (Å²) < 4.78 is 7.12. The standard InChI is InChI=1S/C15H22INO/c1-3-17-11-15(8-9-18-12(15)2)10-13-4-6-14(16)7-5-13/h4-7,12,17H,3,8-11H2,1-2H3. The van der Waals surface area contributed by atoms with Gasteiger partial charge in [0.15, 0.2) is 0 Å². The van der Waals surface area contributed by atoms with Crippen molar-refractivity contribution in [3.63, 3.8) is 0 Å². The molecule has 2 rings (SSSR count). The maximum absolute atomic E-state index is 5.82. The topological polar surface area (TPSA) is 21.3 Å². The lowest BCUT2D eigenvalue weighted by atomic mass is 9.76. The van der Waals surface area contributed by atoms with Gasteiger partial charge in [-0.15, -0.1) is 0 Å². The first-order chi connectivity index (χ1) is 8.66. The summed E-state index contributed by atoms with van der Waals surface area (Å²) in [6.07, 6.45) is 2.61. The number of hydrogen-bond acceptors (Lipinski definition) is 2. The monoisotopic (exact) mass is 359 g/mol. The number of nitrogens with one attached hydrogen (secondary N) is 1. The predicted octanol–water partition coefficient (Wildman–Crippen LogP) is 3.24. The zero-order valence-corrected chi connectivity index (χ0v) is 13.4. The van der Waals surface area contributed by atoms with Gasteiger partial charge in [0, 0.05) is 22.1 Å². The molecule has 100 valence electrons. The summed E-state index contributed by atoms with van der Waals surface area (Å²) in [5, 5.41) is 3.51. The van der Waals surface area contributed by atoms with Crippen molar-refractivity contribution in [2.24, 2.45) is 5.41 Å². The van der Waals surface area contributed by atoms with Crippen LogP contribution in [0.25, 0.3) is 0 Å². The number of hydrogen-bond donors (Lipinski definition) is 1. The van der Waals surface area contributed by atoms with Gasteiger partial charge in [0.1, 0.15) is 0 Å². The molecule has 1 aromatic rings. The first-order valence-electron chi connectivity index (χ1n) is 6.73. The van der Waals surface area contributed by atoms with Crippen LogP contribution in [-0.2, 0) is 11.2 Å². The maximum Gasteiger partial charge on any atom is 0.0619 e. The highest BCUT2D eigenvalue weighted by atomic mass is 127. The molecule has 1 aliphatic rings. The van der Waals surface area contributed by atoms with Crippen molar-refractivity contribution in [2.75, 3.05) is 19.7 Å². The highest BCUT2D eigenvalue weighted by Gasteiger charge is 2.40. The second kappa shape index (κ2) is 6.35. The van der Waals surface area contributed by atoms with Crippen LogP contribution in [0.4, 0.5) is 0 Å². The van der Waals surface area contributed by atoms with Crippen molar-refractivity contribution < 1.29 is 4.74 Å². The SMILES string of the molecule is CCNCC1(Cc2ccc(I)cc2)CCOC1C. The van der Waals surface area contributed by atoms with E-state index >= 15 is 0 Å². The average Bonchev–Trinajstić information content (AvgIpc) is 2.72. The average molecular weight is 359 g/mol. The van der Waals surface area contributed by atoms with Crippen molar-refractivity contribution in [3.8, 4) is 0 Å². The molecule has 18 heavy (non-hydrogen) atoms. The van der Waals surface area contributed by atoms with E-state index in [0.29, 0.717) is 6.10 Å². The summed E-state index contributed by atoms with van der Waals surface area (Å²) in [4.78, 5) is 0. The van der Waals surface area contributed by atoms with E-state index in [1.807, 2.05) is 0 Å². The van der Waals surface area contributed by atoms with Crippen molar-refractivity contribution in [2.45, 2.75) is 32.8 Å². The summed E-state index contributed by atoms with van der Waals surface area (Å²) in [5.41, 5.74) is 1.69. The third kappa shape index (κ3) is 3.25. The quantitative estimate of drug-likeness (QED) is 0.815. The van der Waals surface area contributed by atoms with Gasteiger partial charge in [0.05, 0.1) is 6.10 Å². The van der Waals surface area contributed by atoms with Gasteiger partial charge in [-0.3, -0.25) is 0 Å². The predicted molar refractivity (Wildman–Crippen MR) is 83.9 cm³/mol. The van der Waals surface area contributed by atoms with Gasteiger partial charge in [0.25, 0.3) is 0 Å². The van der Waals surface area contributed by atoms with Crippen LogP contribution in [0.5, 0.6) is 0 Å². The Bertz CT molecular complexity index is 379. The minimum Gasteiger partial charge on any atom is -0.378 e. The smallest absolute Gasteiger partial charge is 0.0619 e. The first-order valence-corrected chi connectivity index (χ1v) is 7.81. The van der Waals surface area contributed by atoms with E-state index < -0.39 is 0 Å². The molecule has 0 aliphatic carbocycles. The molecule has 2 atom stereocenters. The molecule has 0 spiro atoms. The Hall–Kier alpha value is -0.130. The molecule has 3 heteroatoms. The molecule has 1 aliphatic heterocycles. The Kier molecular flexibility index (Phi) is 5.04. The van der Waals surface area contributed by atoms with Gasteiger partial charge >= 0.3 is 0 Å². The lowest BCUT2D eigenvalue weighted by molar-refractivity contribution is 0.0633. The van der Waals surface area contributed by atoms with Gasteiger partial charge < -0.3 is 10.1 Å². The Morgan fingerprint density at radius 3 is 2.67 bits per heavy atom. The molecule has 0 amide bonds. The highest BCUT2D eigenvalue weighted by Crippen LogP contribution is 2.37. The van der Waals surface area contributed by atoms with E-state index in [4.69, 9.17) is 4.74 Å². The molecule has 0 bridgehead atoms. The molecular weight excluding hydrogens is 337 g/mol. The number of ether oxygens (including phenoxy) is 1. The Morgan fingerprint density at radius 1 is 1.39 bits per heavy atom. The molecule has 2 nitrogen and oxygen atoms in total. The summed E-state index contributed by atoms with van der Waals surface area (Å²) in [7, 11) is 0. The molecule has 0 aromatic heterocycles. The van der Waals surface area contributed by atoms with Gasteiger partial charge in [-0.2, -0.15) is 0 Å². The van der Waals surface area contributed by atoms with E-state index in [9.17, 15) is 0 Å². The van der Waals surface area contributed by atoms with Crippen LogP contribution in [0.15, 0.2) is 24.3 Å². The van der Waals surface area contributed by atoms with Crippen molar-refractivity contribution in [3.05, 3.63) is 33.4 Å². The summed E-state index contributed by atoms with van der Waals surface area (Å²) >= 11 is 2.35. The van der Waals surface area contributed by atoms with Crippen molar-refractivity contribution in [1.29, 1.82) is 0 Å². The fraction of sp³-hybridized carbons (Fsp3) is 0.600. The van der Waals surface area contributed by atoms with Crippen LogP contribution in [0.1, 0.15) is 25.8 Å². The van der Waals surface area contributed by atoms with E-state index in [1.54, 1.807) is 0 Å². The molecule has 2 unspecified atom stereocenters. The molecule has 1 N–H and O–H groups in total. The lowest BCUT2D eigenvalue weighted by Crippen LogP contribution is -2.41. The Morgan fingerprint density at radius 2 is 2.11 bits per heavy atom.